The van der Waals surface area contributed by atoms with Gasteiger partial charge in [0.2, 0.25) is 5.91 Å². The number of thiophene rings is 1. The number of nitrogens with one attached hydrogen (secondary N) is 1. The number of amides is 2. The van der Waals surface area contributed by atoms with Gasteiger partial charge in [0.05, 0.1) is 12.7 Å². The fourth-order valence-electron chi connectivity index (χ4n) is 2.93. The number of nitrogens with two attached hydrogens (primary N) is 1. The van der Waals surface area contributed by atoms with Crippen LogP contribution in [0, 0.1) is 0 Å². The van der Waals surface area contributed by atoms with Gasteiger partial charge in [0.1, 0.15) is 10.8 Å². The van der Waals surface area contributed by atoms with E-state index in [1.165, 1.54) is 17.4 Å². The van der Waals surface area contributed by atoms with Crippen LogP contribution in [0.25, 0.3) is 6.08 Å². The van der Waals surface area contributed by atoms with E-state index in [9.17, 15) is 9.59 Å². The summed E-state index contributed by atoms with van der Waals surface area (Å²) in [6, 6.07) is 19.1. The summed E-state index contributed by atoms with van der Waals surface area (Å²) >= 11 is 1.36. The molecule has 0 aliphatic rings. The molecule has 3 aromatic rings. The van der Waals surface area contributed by atoms with Gasteiger partial charge >= 0.3 is 0 Å². The van der Waals surface area contributed by atoms with Crippen LogP contribution in [0.1, 0.15) is 39.2 Å². The molecule has 5 nitrogen and oxygen atoms in total. The van der Waals surface area contributed by atoms with Crippen molar-refractivity contribution in [1.82, 2.24) is 0 Å². The maximum atomic E-state index is 12.4. The van der Waals surface area contributed by atoms with Gasteiger partial charge in [-0.3, -0.25) is 9.59 Å². The standard InChI is InChI=1S/C23H22N2O3S/c1-15(16-8-4-3-5-9-16)20-14-18(22(24)27)23(29-20)25-21(26)13-12-17-10-6-7-11-19(17)28-2/h3-15H,1-2H3,(H2,24,27)(H,25,26)/b13-12+. The van der Waals surface area contributed by atoms with E-state index >= 15 is 0 Å². The molecule has 0 saturated carbocycles. The van der Waals surface area contributed by atoms with Gasteiger partial charge in [-0.1, -0.05) is 55.5 Å². The first kappa shape index (κ1) is 20.4. The number of primary amides is 1. The van der Waals surface area contributed by atoms with Crippen LogP contribution in [0.2, 0.25) is 0 Å². The molecule has 1 atom stereocenters. The van der Waals surface area contributed by atoms with Gasteiger partial charge in [-0.2, -0.15) is 0 Å². The van der Waals surface area contributed by atoms with E-state index in [4.69, 9.17) is 10.5 Å². The molecule has 0 spiro atoms. The average molecular weight is 407 g/mol. The maximum Gasteiger partial charge on any atom is 0.251 e. The van der Waals surface area contributed by atoms with Crippen molar-refractivity contribution < 1.29 is 14.3 Å². The molecule has 29 heavy (non-hydrogen) atoms. The van der Waals surface area contributed by atoms with Crippen molar-refractivity contribution >= 4 is 34.2 Å². The lowest BCUT2D eigenvalue weighted by Crippen LogP contribution is -2.14. The predicted octanol–water partition coefficient (Wildman–Crippen LogP) is 4.66. The normalized spacial score (nSPS) is 11.9. The second-order valence-corrected chi connectivity index (χ2v) is 7.54. The second-order valence-electron chi connectivity index (χ2n) is 6.45. The molecule has 1 aromatic heterocycles. The van der Waals surface area contributed by atoms with Gasteiger partial charge in [-0.25, -0.2) is 0 Å². The van der Waals surface area contributed by atoms with Crippen LogP contribution in [0.15, 0.2) is 66.7 Å². The molecule has 2 aromatic carbocycles. The zero-order chi connectivity index (χ0) is 20.8. The molecule has 3 rings (SSSR count). The molecular weight excluding hydrogens is 384 g/mol. The van der Waals surface area contributed by atoms with E-state index in [0.717, 1.165) is 16.0 Å². The number of para-hydroxylation sites is 1. The van der Waals surface area contributed by atoms with Crippen LogP contribution >= 0.6 is 11.3 Å². The minimum Gasteiger partial charge on any atom is -0.496 e. The van der Waals surface area contributed by atoms with Crippen molar-refractivity contribution in [3.05, 3.63) is 88.3 Å². The first-order valence-corrected chi connectivity index (χ1v) is 9.91. The third-order valence-electron chi connectivity index (χ3n) is 4.53. The monoisotopic (exact) mass is 406 g/mol. The molecular formula is C23H22N2O3S. The van der Waals surface area contributed by atoms with E-state index in [2.05, 4.69) is 12.2 Å². The molecule has 0 fully saturated rings. The number of ether oxygens (including phenoxy) is 1. The minimum atomic E-state index is -0.572. The number of hydrogen-bond acceptors (Lipinski definition) is 4. The summed E-state index contributed by atoms with van der Waals surface area (Å²) in [4.78, 5) is 25.3. The molecule has 2 amide bonds. The number of hydrogen-bond donors (Lipinski definition) is 2. The van der Waals surface area contributed by atoms with Gasteiger partial charge in [0.25, 0.3) is 5.91 Å². The molecule has 6 heteroatoms. The highest BCUT2D eigenvalue weighted by molar-refractivity contribution is 7.16. The van der Waals surface area contributed by atoms with Gasteiger partial charge in [0.15, 0.2) is 0 Å². The largest absolute Gasteiger partial charge is 0.496 e. The molecule has 1 unspecified atom stereocenters. The Hall–Kier alpha value is -3.38. The van der Waals surface area contributed by atoms with Gasteiger partial charge in [-0.15, -0.1) is 11.3 Å². The first-order valence-electron chi connectivity index (χ1n) is 9.10. The van der Waals surface area contributed by atoms with Crippen molar-refractivity contribution in [3.63, 3.8) is 0 Å². The van der Waals surface area contributed by atoms with Crippen LogP contribution in [0.5, 0.6) is 5.75 Å². The van der Waals surface area contributed by atoms with Crippen molar-refractivity contribution in [2.75, 3.05) is 12.4 Å². The van der Waals surface area contributed by atoms with Crippen molar-refractivity contribution in [1.29, 1.82) is 0 Å². The number of anilines is 1. The Bertz CT molecular complexity index is 1040. The molecule has 0 radical (unpaired) electrons. The zero-order valence-corrected chi connectivity index (χ0v) is 17.0. The average Bonchev–Trinajstić information content (AvgIpc) is 3.16. The summed E-state index contributed by atoms with van der Waals surface area (Å²) in [5, 5.41) is 3.23. The van der Waals surface area contributed by atoms with E-state index in [1.54, 1.807) is 19.3 Å². The highest BCUT2D eigenvalue weighted by Crippen LogP contribution is 2.36. The number of carbonyl (C=O) groups excluding carboxylic acids is 2. The van der Waals surface area contributed by atoms with E-state index in [1.807, 2.05) is 54.6 Å². The van der Waals surface area contributed by atoms with Crippen molar-refractivity contribution in [2.45, 2.75) is 12.8 Å². The fraction of sp³-hybridized carbons (Fsp3) is 0.130. The van der Waals surface area contributed by atoms with Crippen LogP contribution in [-0.2, 0) is 4.79 Å². The SMILES string of the molecule is COc1ccccc1/C=C/C(=O)Nc1sc(C(C)c2ccccc2)cc1C(N)=O. The number of carbonyl (C=O) groups is 2. The van der Waals surface area contributed by atoms with E-state index in [0.29, 0.717) is 16.3 Å². The number of methoxy groups -OCH3 is 1. The Morgan fingerprint density at radius 3 is 2.48 bits per heavy atom. The van der Waals surface area contributed by atoms with Crippen LogP contribution in [0.4, 0.5) is 5.00 Å². The third-order valence-corrected chi connectivity index (χ3v) is 5.77. The van der Waals surface area contributed by atoms with Crippen LogP contribution in [-0.4, -0.2) is 18.9 Å². The molecule has 0 saturated heterocycles. The molecule has 148 valence electrons. The van der Waals surface area contributed by atoms with Crippen molar-refractivity contribution in [2.24, 2.45) is 5.73 Å². The van der Waals surface area contributed by atoms with Gasteiger partial charge in [0, 0.05) is 22.4 Å². The topological polar surface area (TPSA) is 81.4 Å². The lowest BCUT2D eigenvalue weighted by molar-refractivity contribution is -0.111. The van der Waals surface area contributed by atoms with E-state index in [-0.39, 0.29) is 11.8 Å². The highest BCUT2D eigenvalue weighted by atomic mass is 32.1. The second kappa shape index (κ2) is 9.21. The van der Waals surface area contributed by atoms with E-state index < -0.39 is 5.91 Å². The minimum absolute atomic E-state index is 0.0778. The number of benzene rings is 2. The summed E-state index contributed by atoms with van der Waals surface area (Å²) in [5.41, 5.74) is 7.75. The smallest absolute Gasteiger partial charge is 0.251 e. The Labute approximate surface area is 173 Å². The van der Waals surface area contributed by atoms with Gasteiger partial charge < -0.3 is 15.8 Å². The number of rotatable bonds is 7. The summed E-state index contributed by atoms with van der Waals surface area (Å²) in [6.45, 7) is 2.05. The van der Waals surface area contributed by atoms with Crippen LogP contribution < -0.4 is 15.8 Å². The predicted molar refractivity (Wildman–Crippen MR) is 117 cm³/mol. The zero-order valence-electron chi connectivity index (χ0n) is 16.2. The highest BCUT2D eigenvalue weighted by Gasteiger charge is 2.19. The molecule has 0 bridgehead atoms. The Kier molecular flexibility index (Phi) is 6.46. The van der Waals surface area contributed by atoms with Gasteiger partial charge in [-0.05, 0) is 23.8 Å². The lowest BCUT2D eigenvalue weighted by atomic mass is 9.99. The summed E-state index contributed by atoms with van der Waals surface area (Å²) in [7, 11) is 1.58. The summed E-state index contributed by atoms with van der Waals surface area (Å²) < 4.78 is 5.28. The third kappa shape index (κ3) is 4.92. The maximum absolute atomic E-state index is 12.4. The van der Waals surface area contributed by atoms with Crippen LogP contribution in [0.3, 0.4) is 0 Å². The van der Waals surface area contributed by atoms with Crippen molar-refractivity contribution in [3.8, 4) is 5.75 Å². The molecule has 3 N–H and O–H groups in total. The Morgan fingerprint density at radius 2 is 1.79 bits per heavy atom. The summed E-state index contributed by atoms with van der Waals surface area (Å²) in [5.74, 6) is -0.172. The first-order chi connectivity index (χ1) is 14.0. The molecule has 1 heterocycles. The quantitative estimate of drug-likeness (QED) is 0.560. The fourth-order valence-corrected chi connectivity index (χ4v) is 4.07. The Balaban J connectivity index is 1.81. The molecule has 0 aliphatic carbocycles. The summed E-state index contributed by atoms with van der Waals surface area (Å²) in [6.07, 6.45) is 3.07. The lowest BCUT2D eigenvalue weighted by Gasteiger charge is -2.09. The molecule has 0 aliphatic heterocycles. The Morgan fingerprint density at radius 1 is 1.10 bits per heavy atom.